The molecule has 7 heteroatoms. The van der Waals surface area contributed by atoms with Crippen LogP contribution >= 0.6 is 15.9 Å². The second-order valence-electron chi connectivity index (χ2n) is 5.05. The van der Waals surface area contributed by atoms with Crippen molar-refractivity contribution in [1.82, 2.24) is 14.8 Å². The van der Waals surface area contributed by atoms with E-state index in [0.29, 0.717) is 17.1 Å². The molecule has 118 valence electrons. The van der Waals surface area contributed by atoms with Crippen LogP contribution in [0.2, 0.25) is 0 Å². The highest BCUT2D eigenvalue weighted by Crippen LogP contribution is 2.27. The third-order valence-corrected chi connectivity index (χ3v) is 4.10. The molecule has 4 aromatic rings. The number of benzene rings is 1. The van der Waals surface area contributed by atoms with Crippen LogP contribution in [0.15, 0.2) is 69.9 Å². The Morgan fingerprint density at radius 3 is 2.88 bits per heavy atom. The molecule has 0 saturated carbocycles. The second kappa shape index (κ2) is 5.93. The summed E-state index contributed by atoms with van der Waals surface area (Å²) in [6.45, 7) is 0. The van der Waals surface area contributed by atoms with Crippen molar-refractivity contribution in [2.45, 2.75) is 0 Å². The summed E-state index contributed by atoms with van der Waals surface area (Å²) in [5.41, 5.74) is 1.19. The fourth-order valence-electron chi connectivity index (χ4n) is 2.39. The number of furan rings is 1. The minimum absolute atomic E-state index is 0.229. The Kier molecular flexibility index (Phi) is 3.62. The molecule has 0 unspecified atom stereocenters. The van der Waals surface area contributed by atoms with E-state index in [4.69, 9.17) is 4.42 Å². The van der Waals surface area contributed by atoms with Crippen LogP contribution in [-0.2, 0) is 0 Å². The van der Waals surface area contributed by atoms with Crippen molar-refractivity contribution in [2.24, 2.45) is 0 Å². The molecule has 1 N–H and O–H groups in total. The van der Waals surface area contributed by atoms with E-state index in [1.165, 1.54) is 0 Å². The Morgan fingerprint density at radius 1 is 1.17 bits per heavy atom. The number of amides is 1. The molecule has 0 radical (unpaired) electrons. The highest BCUT2D eigenvalue weighted by Gasteiger charge is 2.16. The van der Waals surface area contributed by atoms with Gasteiger partial charge in [-0.2, -0.15) is 5.10 Å². The number of pyridine rings is 1. The topological polar surface area (TPSA) is 73.0 Å². The minimum atomic E-state index is -0.348. The summed E-state index contributed by atoms with van der Waals surface area (Å²) < 4.78 is 8.05. The summed E-state index contributed by atoms with van der Waals surface area (Å²) in [6, 6.07) is 12.7. The summed E-state index contributed by atoms with van der Waals surface area (Å²) in [4.78, 5) is 16.8. The highest BCUT2D eigenvalue weighted by atomic mass is 79.9. The molecule has 0 bridgehead atoms. The maximum absolute atomic E-state index is 12.5. The number of nitrogens with zero attached hydrogens (tertiary/aromatic N) is 3. The molecular formula is C17H11BrN4O2. The van der Waals surface area contributed by atoms with Gasteiger partial charge >= 0.3 is 0 Å². The minimum Gasteiger partial charge on any atom is -0.450 e. The van der Waals surface area contributed by atoms with E-state index in [1.54, 1.807) is 47.5 Å². The van der Waals surface area contributed by atoms with Crippen LogP contribution in [-0.4, -0.2) is 20.7 Å². The normalized spacial score (nSPS) is 10.9. The summed E-state index contributed by atoms with van der Waals surface area (Å²) in [7, 11) is 0. The van der Waals surface area contributed by atoms with Crippen LogP contribution in [0, 0.1) is 0 Å². The van der Waals surface area contributed by atoms with E-state index in [2.05, 4.69) is 31.3 Å². The van der Waals surface area contributed by atoms with Gasteiger partial charge in [0.05, 0.1) is 10.2 Å². The average molecular weight is 383 g/mol. The van der Waals surface area contributed by atoms with Crippen LogP contribution in [0.3, 0.4) is 0 Å². The molecule has 0 atom stereocenters. The lowest BCUT2D eigenvalue weighted by Gasteiger charge is -2.08. The molecule has 1 aromatic carbocycles. The number of halogens is 1. The SMILES string of the molecule is O=C(Nc1cccnc1-n1cccn1)c1cc2cccc(Br)c2o1. The van der Waals surface area contributed by atoms with Crippen LogP contribution in [0.5, 0.6) is 0 Å². The van der Waals surface area contributed by atoms with Crippen LogP contribution in [0.25, 0.3) is 16.8 Å². The molecule has 0 fully saturated rings. The zero-order valence-electron chi connectivity index (χ0n) is 12.3. The van der Waals surface area contributed by atoms with Crippen molar-refractivity contribution in [3.8, 4) is 5.82 Å². The quantitative estimate of drug-likeness (QED) is 0.580. The summed E-state index contributed by atoms with van der Waals surface area (Å²) >= 11 is 3.42. The van der Waals surface area contributed by atoms with Gasteiger partial charge in [-0.25, -0.2) is 9.67 Å². The molecular weight excluding hydrogens is 372 g/mol. The first-order valence-corrected chi connectivity index (χ1v) is 7.96. The number of rotatable bonds is 3. The second-order valence-corrected chi connectivity index (χ2v) is 5.90. The number of aromatic nitrogens is 3. The number of fused-ring (bicyclic) bond motifs is 1. The maximum Gasteiger partial charge on any atom is 0.291 e. The van der Waals surface area contributed by atoms with E-state index in [-0.39, 0.29) is 11.7 Å². The molecule has 24 heavy (non-hydrogen) atoms. The monoisotopic (exact) mass is 382 g/mol. The van der Waals surface area contributed by atoms with E-state index >= 15 is 0 Å². The van der Waals surface area contributed by atoms with Gasteiger partial charge in [0.1, 0.15) is 5.58 Å². The van der Waals surface area contributed by atoms with Crippen molar-refractivity contribution < 1.29 is 9.21 Å². The first kappa shape index (κ1) is 14.6. The van der Waals surface area contributed by atoms with E-state index < -0.39 is 0 Å². The highest BCUT2D eigenvalue weighted by molar-refractivity contribution is 9.10. The Labute approximate surface area is 145 Å². The Hall–Kier alpha value is -2.93. The molecule has 3 aromatic heterocycles. The van der Waals surface area contributed by atoms with E-state index in [1.807, 2.05) is 18.2 Å². The predicted octanol–water partition coefficient (Wildman–Crippen LogP) is 4.03. The van der Waals surface area contributed by atoms with Gasteiger partial charge in [-0.15, -0.1) is 0 Å². The molecule has 6 nitrogen and oxygen atoms in total. The number of hydrogen-bond donors (Lipinski definition) is 1. The summed E-state index contributed by atoms with van der Waals surface area (Å²) in [5.74, 6) is 0.416. The smallest absolute Gasteiger partial charge is 0.291 e. The number of para-hydroxylation sites is 1. The standard InChI is InChI=1S/C17H11BrN4O2/c18-12-5-1-4-11-10-14(24-15(11)12)17(23)21-13-6-2-7-19-16(13)22-9-3-8-20-22/h1-10H,(H,21,23). The number of nitrogens with one attached hydrogen (secondary N) is 1. The first-order valence-electron chi connectivity index (χ1n) is 7.17. The molecule has 3 heterocycles. The van der Waals surface area contributed by atoms with Gasteiger partial charge in [-0.05, 0) is 46.3 Å². The predicted molar refractivity (Wildman–Crippen MR) is 93.2 cm³/mol. The zero-order chi connectivity index (χ0) is 16.5. The van der Waals surface area contributed by atoms with E-state index in [0.717, 1.165) is 9.86 Å². The number of carbonyl (C=O) groups excluding carboxylic acids is 1. The summed E-state index contributed by atoms with van der Waals surface area (Å²) in [6.07, 6.45) is 5.05. The number of anilines is 1. The van der Waals surface area contributed by atoms with Gasteiger partial charge < -0.3 is 9.73 Å². The number of hydrogen-bond acceptors (Lipinski definition) is 4. The molecule has 0 aliphatic carbocycles. The first-order chi connectivity index (χ1) is 11.7. The molecule has 0 spiro atoms. The van der Waals surface area contributed by atoms with Gasteiger partial charge in [0.2, 0.25) is 0 Å². The maximum atomic E-state index is 12.5. The van der Waals surface area contributed by atoms with Gasteiger partial charge in [0.25, 0.3) is 5.91 Å². The van der Waals surface area contributed by atoms with Gasteiger partial charge in [0, 0.05) is 24.0 Å². The zero-order valence-corrected chi connectivity index (χ0v) is 13.9. The molecule has 0 saturated heterocycles. The average Bonchev–Trinajstić information content (AvgIpc) is 3.25. The van der Waals surface area contributed by atoms with Crippen molar-refractivity contribution in [3.63, 3.8) is 0 Å². The van der Waals surface area contributed by atoms with Crippen LogP contribution in [0.4, 0.5) is 5.69 Å². The Morgan fingerprint density at radius 2 is 2.08 bits per heavy atom. The van der Waals surface area contributed by atoms with Crippen LogP contribution < -0.4 is 5.32 Å². The Balaban J connectivity index is 1.68. The molecule has 0 aliphatic rings. The largest absolute Gasteiger partial charge is 0.450 e. The number of carbonyl (C=O) groups is 1. The Bertz CT molecular complexity index is 1020. The fourth-order valence-corrected chi connectivity index (χ4v) is 2.86. The molecule has 4 rings (SSSR count). The fraction of sp³-hybridized carbons (Fsp3) is 0. The van der Waals surface area contributed by atoms with Crippen LogP contribution in [0.1, 0.15) is 10.6 Å². The molecule has 0 aliphatic heterocycles. The van der Waals surface area contributed by atoms with Gasteiger partial charge in [-0.3, -0.25) is 4.79 Å². The van der Waals surface area contributed by atoms with Crippen molar-refractivity contribution in [2.75, 3.05) is 5.32 Å². The lowest BCUT2D eigenvalue weighted by Crippen LogP contribution is -2.14. The van der Waals surface area contributed by atoms with Gasteiger partial charge in [-0.1, -0.05) is 12.1 Å². The van der Waals surface area contributed by atoms with E-state index in [9.17, 15) is 4.79 Å². The molecule has 1 amide bonds. The summed E-state index contributed by atoms with van der Waals surface area (Å²) in [5, 5.41) is 7.83. The van der Waals surface area contributed by atoms with Crippen molar-refractivity contribution in [3.05, 3.63) is 71.3 Å². The third-order valence-electron chi connectivity index (χ3n) is 3.48. The lowest BCUT2D eigenvalue weighted by molar-refractivity contribution is 0.0998. The van der Waals surface area contributed by atoms with Gasteiger partial charge in [0.15, 0.2) is 11.6 Å². The third kappa shape index (κ3) is 2.59. The van der Waals surface area contributed by atoms with Crippen molar-refractivity contribution in [1.29, 1.82) is 0 Å². The lowest BCUT2D eigenvalue weighted by atomic mass is 10.2. The van der Waals surface area contributed by atoms with Crippen molar-refractivity contribution >= 4 is 38.5 Å².